The van der Waals surface area contributed by atoms with E-state index in [0.29, 0.717) is 33.4 Å². The molecule has 1 amide bonds. The maximum atomic E-state index is 13.4. The van der Waals surface area contributed by atoms with Gasteiger partial charge in [0.15, 0.2) is 5.69 Å². The van der Waals surface area contributed by atoms with Crippen molar-refractivity contribution >= 4 is 50.6 Å². The fourth-order valence-electron chi connectivity index (χ4n) is 4.11. The molecule has 32 heavy (non-hydrogen) atoms. The van der Waals surface area contributed by atoms with E-state index in [1.165, 1.54) is 17.8 Å². The van der Waals surface area contributed by atoms with Crippen LogP contribution in [0.3, 0.4) is 0 Å². The minimum Gasteiger partial charge on any atom is -0.461 e. The molecule has 1 fully saturated rings. The van der Waals surface area contributed by atoms with E-state index in [9.17, 15) is 14.4 Å². The summed E-state index contributed by atoms with van der Waals surface area (Å²) in [5.74, 6) is -0.384. The number of anilines is 1. The van der Waals surface area contributed by atoms with E-state index in [2.05, 4.69) is 10.4 Å². The maximum Gasteiger partial charge on any atom is 0.359 e. The summed E-state index contributed by atoms with van der Waals surface area (Å²) in [4.78, 5) is 38.7. The zero-order valence-electron chi connectivity index (χ0n) is 17.7. The Balaban J connectivity index is 1.77. The average molecular weight is 474 g/mol. The van der Waals surface area contributed by atoms with Gasteiger partial charge in [0.05, 0.1) is 17.7 Å². The fraction of sp³-hybridized carbons (Fsp3) is 0.391. The molecule has 0 unspecified atom stereocenters. The number of hydrogen-bond acceptors (Lipinski definition) is 6. The van der Waals surface area contributed by atoms with E-state index in [4.69, 9.17) is 16.3 Å². The summed E-state index contributed by atoms with van der Waals surface area (Å²) in [6, 6.07) is 6.64. The number of nitrogens with zero attached hydrogens (tertiary/aromatic N) is 2. The van der Waals surface area contributed by atoms with E-state index in [1.54, 1.807) is 36.6 Å². The van der Waals surface area contributed by atoms with Crippen LogP contribution in [-0.4, -0.2) is 28.3 Å². The van der Waals surface area contributed by atoms with Crippen molar-refractivity contribution < 1.29 is 14.3 Å². The first kappa shape index (κ1) is 22.5. The molecule has 1 N–H and O–H groups in total. The fourth-order valence-corrected chi connectivity index (χ4v) is 5.24. The van der Waals surface area contributed by atoms with Gasteiger partial charge < -0.3 is 10.1 Å². The molecule has 4 rings (SSSR count). The Morgan fingerprint density at radius 2 is 2.06 bits per heavy atom. The predicted octanol–water partition coefficient (Wildman–Crippen LogP) is 5.19. The minimum absolute atomic E-state index is 0.0189. The van der Waals surface area contributed by atoms with Crippen molar-refractivity contribution in [2.24, 2.45) is 5.92 Å². The highest BCUT2D eigenvalue weighted by atomic mass is 35.5. The van der Waals surface area contributed by atoms with E-state index in [-0.39, 0.29) is 23.6 Å². The van der Waals surface area contributed by atoms with Crippen LogP contribution in [0.25, 0.3) is 16.5 Å². The summed E-state index contributed by atoms with van der Waals surface area (Å²) in [5, 5.41) is 10.3. The zero-order valence-corrected chi connectivity index (χ0v) is 19.3. The monoisotopic (exact) mass is 473 g/mol. The van der Waals surface area contributed by atoms with Crippen molar-refractivity contribution in [1.82, 2.24) is 9.78 Å². The lowest BCUT2D eigenvalue weighted by Gasteiger charge is -2.20. The summed E-state index contributed by atoms with van der Waals surface area (Å²) in [6.07, 6.45) is 6.06. The lowest BCUT2D eigenvalue weighted by Crippen LogP contribution is -2.26. The molecule has 3 aromatic rings. The molecule has 7 nitrogen and oxygen atoms in total. The topological polar surface area (TPSA) is 90.3 Å². The molecule has 9 heteroatoms. The Morgan fingerprint density at radius 1 is 1.28 bits per heavy atom. The van der Waals surface area contributed by atoms with Crippen LogP contribution in [0, 0.1) is 5.92 Å². The van der Waals surface area contributed by atoms with Gasteiger partial charge in [0.2, 0.25) is 5.91 Å². The highest BCUT2D eigenvalue weighted by molar-refractivity contribution is 7.16. The Hall–Kier alpha value is -2.71. The molecule has 2 aromatic heterocycles. The molecule has 0 spiro atoms. The van der Waals surface area contributed by atoms with Gasteiger partial charge in [0.25, 0.3) is 5.56 Å². The quantitative estimate of drug-likeness (QED) is 0.498. The molecule has 0 atom stereocenters. The normalized spacial score (nSPS) is 14.4. The average Bonchev–Trinajstić information content (AvgIpc) is 3.19. The SMILES string of the molecule is CCOC(=O)c1nn(-c2cccc(Cl)c2)c(=O)c2c(NC(=O)CC3CCCCC3)scc12. The maximum absolute atomic E-state index is 13.4. The highest BCUT2D eigenvalue weighted by Gasteiger charge is 2.24. The number of amides is 1. The second kappa shape index (κ2) is 9.83. The van der Waals surface area contributed by atoms with Gasteiger partial charge in [0.1, 0.15) is 5.00 Å². The molecular formula is C23H24ClN3O4S. The molecule has 1 aliphatic rings. The van der Waals surface area contributed by atoms with Gasteiger partial charge >= 0.3 is 5.97 Å². The van der Waals surface area contributed by atoms with Crippen LogP contribution in [0.4, 0.5) is 5.00 Å². The number of carbonyl (C=O) groups is 2. The predicted molar refractivity (Wildman–Crippen MR) is 126 cm³/mol. The van der Waals surface area contributed by atoms with E-state index in [0.717, 1.165) is 30.4 Å². The second-order valence-corrected chi connectivity index (χ2v) is 9.19. The van der Waals surface area contributed by atoms with Gasteiger partial charge in [-0.15, -0.1) is 11.3 Å². The Labute approximate surface area is 194 Å². The molecule has 168 valence electrons. The third-order valence-corrected chi connectivity index (χ3v) is 6.76. The lowest BCUT2D eigenvalue weighted by molar-refractivity contribution is -0.117. The van der Waals surface area contributed by atoms with E-state index >= 15 is 0 Å². The molecule has 0 bridgehead atoms. The van der Waals surface area contributed by atoms with Crippen molar-refractivity contribution in [2.75, 3.05) is 11.9 Å². The largest absolute Gasteiger partial charge is 0.461 e. The molecule has 0 saturated heterocycles. The van der Waals surface area contributed by atoms with Crippen LogP contribution < -0.4 is 10.9 Å². The van der Waals surface area contributed by atoms with Crippen molar-refractivity contribution in [1.29, 1.82) is 0 Å². The van der Waals surface area contributed by atoms with Gasteiger partial charge in [0, 0.05) is 22.2 Å². The van der Waals surface area contributed by atoms with Gasteiger partial charge in [-0.3, -0.25) is 9.59 Å². The van der Waals surface area contributed by atoms with Crippen molar-refractivity contribution in [3.8, 4) is 5.69 Å². The standard InChI is InChI=1S/C23H24ClN3O4S/c1-2-31-23(30)20-17-13-32-21(25-18(28)11-14-7-4-3-5-8-14)19(17)22(29)27(26-20)16-10-6-9-15(24)12-16/h6,9-10,12-14H,2-5,7-8,11H2,1H3,(H,25,28). The van der Waals surface area contributed by atoms with Gasteiger partial charge in [-0.1, -0.05) is 36.9 Å². The number of benzene rings is 1. The van der Waals surface area contributed by atoms with E-state index in [1.807, 2.05) is 0 Å². The van der Waals surface area contributed by atoms with Crippen molar-refractivity contribution in [3.05, 3.63) is 50.7 Å². The van der Waals surface area contributed by atoms with Gasteiger partial charge in [-0.25, -0.2) is 4.79 Å². The Morgan fingerprint density at radius 3 is 2.78 bits per heavy atom. The number of halogens is 1. The third-order valence-electron chi connectivity index (χ3n) is 5.63. The first-order chi connectivity index (χ1) is 15.5. The van der Waals surface area contributed by atoms with Crippen LogP contribution in [0.15, 0.2) is 34.4 Å². The number of rotatable bonds is 6. The summed E-state index contributed by atoms with van der Waals surface area (Å²) in [5.41, 5.74) is -0.00406. The second-order valence-electron chi connectivity index (χ2n) is 7.88. The zero-order chi connectivity index (χ0) is 22.7. The lowest BCUT2D eigenvalue weighted by atomic mass is 9.87. The van der Waals surface area contributed by atoms with Crippen molar-refractivity contribution in [2.45, 2.75) is 45.4 Å². The number of ether oxygens (including phenoxy) is 1. The summed E-state index contributed by atoms with van der Waals surface area (Å²) in [6.45, 7) is 1.88. The van der Waals surface area contributed by atoms with Crippen LogP contribution in [0.2, 0.25) is 5.02 Å². The number of nitrogens with one attached hydrogen (secondary N) is 1. The summed E-state index contributed by atoms with van der Waals surface area (Å²) >= 11 is 7.30. The van der Waals surface area contributed by atoms with Crippen LogP contribution in [-0.2, 0) is 9.53 Å². The summed E-state index contributed by atoms with van der Waals surface area (Å²) < 4.78 is 6.28. The third kappa shape index (κ3) is 4.71. The minimum atomic E-state index is -0.633. The van der Waals surface area contributed by atoms with Gasteiger partial charge in [-0.2, -0.15) is 9.78 Å². The number of esters is 1. The van der Waals surface area contributed by atoms with Gasteiger partial charge in [-0.05, 0) is 43.9 Å². The van der Waals surface area contributed by atoms with Crippen LogP contribution in [0.1, 0.15) is 55.9 Å². The summed E-state index contributed by atoms with van der Waals surface area (Å²) in [7, 11) is 0. The number of carbonyl (C=O) groups excluding carboxylic acids is 2. The highest BCUT2D eigenvalue weighted by Crippen LogP contribution is 2.32. The first-order valence-corrected chi connectivity index (χ1v) is 12.0. The van der Waals surface area contributed by atoms with Crippen LogP contribution >= 0.6 is 22.9 Å². The Bertz CT molecular complexity index is 1210. The molecule has 0 aliphatic heterocycles. The molecule has 1 aromatic carbocycles. The smallest absolute Gasteiger partial charge is 0.359 e. The number of fused-ring (bicyclic) bond motifs is 1. The first-order valence-electron chi connectivity index (χ1n) is 10.8. The van der Waals surface area contributed by atoms with Crippen molar-refractivity contribution in [3.63, 3.8) is 0 Å². The number of hydrogen-bond donors (Lipinski definition) is 1. The van der Waals surface area contributed by atoms with Crippen LogP contribution in [0.5, 0.6) is 0 Å². The Kier molecular flexibility index (Phi) is 6.91. The number of thiophene rings is 1. The molecule has 0 radical (unpaired) electrons. The molecule has 2 heterocycles. The molecular weight excluding hydrogens is 450 g/mol. The molecule has 1 aliphatic carbocycles. The van der Waals surface area contributed by atoms with E-state index < -0.39 is 11.5 Å². The number of aromatic nitrogens is 2. The molecule has 1 saturated carbocycles.